The van der Waals surface area contributed by atoms with Crippen LogP contribution < -0.4 is 9.80 Å². The Labute approximate surface area is 106 Å². The summed E-state index contributed by atoms with van der Waals surface area (Å²) < 4.78 is 0. The molecule has 1 unspecified atom stereocenters. The summed E-state index contributed by atoms with van der Waals surface area (Å²) in [6, 6.07) is 4.04. The van der Waals surface area contributed by atoms with Crippen LogP contribution in [-0.2, 0) is 0 Å². The Bertz CT molecular complexity index is 583. The van der Waals surface area contributed by atoms with Gasteiger partial charge in [-0.25, -0.2) is 15.0 Å². The van der Waals surface area contributed by atoms with Crippen LogP contribution in [0.25, 0.3) is 0 Å². The average molecular weight is 241 g/mol. The highest BCUT2D eigenvalue weighted by atomic mass is 15.4. The lowest BCUT2D eigenvalue weighted by Crippen LogP contribution is -2.36. The van der Waals surface area contributed by atoms with E-state index in [1.54, 1.807) is 6.33 Å². The van der Waals surface area contributed by atoms with E-state index in [1.165, 1.54) is 0 Å². The van der Waals surface area contributed by atoms with Gasteiger partial charge in [-0.05, 0) is 26.0 Å². The molecule has 0 aliphatic carbocycles. The van der Waals surface area contributed by atoms with Gasteiger partial charge < -0.3 is 4.90 Å². The number of aryl methyl sites for hydroxylation is 1. The number of anilines is 3. The Morgan fingerprint density at radius 1 is 1.22 bits per heavy atom. The highest BCUT2D eigenvalue weighted by Gasteiger charge is 2.33. The van der Waals surface area contributed by atoms with E-state index in [-0.39, 0.29) is 6.17 Å². The zero-order valence-electron chi connectivity index (χ0n) is 10.7. The van der Waals surface area contributed by atoms with Crippen molar-refractivity contribution >= 4 is 17.3 Å². The third-order valence-electron chi connectivity index (χ3n) is 3.40. The number of rotatable bonds is 1. The van der Waals surface area contributed by atoms with E-state index in [0.717, 1.165) is 22.9 Å². The minimum Gasteiger partial charge on any atom is -0.351 e. The lowest BCUT2D eigenvalue weighted by molar-refractivity contribution is 0.720. The van der Waals surface area contributed by atoms with Crippen LogP contribution in [0.15, 0.2) is 30.9 Å². The molecule has 3 rings (SSSR count). The van der Waals surface area contributed by atoms with Crippen LogP contribution >= 0.6 is 0 Å². The molecular weight excluding hydrogens is 226 g/mol. The van der Waals surface area contributed by atoms with Crippen molar-refractivity contribution < 1.29 is 0 Å². The van der Waals surface area contributed by atoms with Gasteiger partial charge in [-0.1, -0.05) is 0 Å². The summed E-state index contributed by atoms with van der Waals surface area (Å²) in [6.07, 6.45) is 5.42. The molecule has 2 aromatic heterocycles. The predicted molar refractivity (Wildman–Crippen MR) is 71.0 cm³/mol. The van der Waals surface area contributed by atoms with Gasteiger partial charge in [0.15, 0.2) is 5.82 Å². The molecule has 0 bridgehead atoms. The molecular formula is C13H15N5. The van der Waals surface area contributed by atoms with E-state index in [1.807, 2.05) is 25.4 Å². The monoisotopic (exact) mass is 241 g/mol. The lowest BCUT2D eigenvalue weighted by Gasteiger charge is -2.26. The standard InChI is InChI=1S/C13H15N5/c1-9-7-14-8-16-12(9)18-10(2)17(3)11-5-4-6-15-13(11)18/h4-8,10H,1-3H3. The first kappa shape index (κ1) is 11.0. The van der Waals surface area contributed by atoms with Crippen molar-refractivity contribution in [2.45, 2.75) is 20.0 Å². The Balaban J connectivity index is 2.16. The predicted octanol–water partition coefficient (Wildman–Crippen LogP) is 2.11. The van der Waals surface area contributed by atoms with Crippen molar-refractivity contribution in [3.63, 3.8) is 0 Å². The molecule has 0 saturated heterocycles. The fourth-order valence-electron chi connectivity index (χ4n) is 2.32. The van der Waals surface area contributed by atoms with E-state index in [4.69, 9.17) is 0 Å². The highest BCUT2D eigenvalue weighted by Crippen LogP contribution is 2.41. The molecule has 0 radical (unpaired) electrons. The van der Waals surface area contributed by atoms with Gasteiger partial charge >= 0.3 is 0 Å². The smallest absolute Gasteiger partial charge is 0.159 e. The summed E-state index contributed by atoms with van der Waals surface area (Å²) in [6.45, 7) is 4.16. The van der Waals surface area contributed by atoms with E-state index in [9.17, 15) is 0 Å². The quantitative estimate of drug-likeness (QED) is 0.765. The van der Waals surface area contributed by atoms with Gasteiger partial charge in [-0.15, -0.1) is 0 Å². The molecule has 92 valence electrons. The normalized spacial score (nSPS) is 18.1. The third kappa shape index (κ3) is 1.44. The largest absolute Gasteiger partial charge is 0.351 e. The Hall–Kier alpha value is -2.17. The second kappa shape index (κ2) is 3.94. The topological polar surface area (TPSA) is 45.2 Å². The summed E-state index contributed by atoms with van der Waals surface area (Å²) in [7, 11) is 2.07. The lowest BCUT2D eigenvalue weighted by atomic mass is 10.3. The Kier molecular flexibility index (Phi) is 2.40. The van der Waals surface area contributed by atoms with Gasteiger partial charge in [-0.3, -0.25) is 4.90 Å². The molecule has 2 aromatic rings. The molecule has 0 N–H and O–H groups in total. The number of aromatic nitrogens is 3. The van der Waals surface area contributed by atoms with E-state index in [2.05, 4.69) is 44.8 Å². The van der Waals surface area contributed by atoms with Crippen LogP contribution in [0.4, 0.5) is 17.3 Å². The maximum absolute atomic E-state index is 4.48. The molecule has 5 heteroatoms. The molecule has 18 heavy (non-hydrogen) atoms. The van der Waals surface area contributed by atoms with Crippen molar-refractivity contribution in [2.75, 3.05) is 16.8 Å². The minimum atomic E-state index is 0.198. The fraction of sp³-hybridized carbons (Fsp3) is 0.308. The molecule has 1 atom stereocenters. The molecule has 5 nitrogen and oxygen atoms in total. The summed E-state index contributed by atoms with van der Waals surface area (Å²) in [5.74, 6) is 1.87. The molecule has 3 heterocycles. The SMILES string of the molecule is Cc1cncnc1N1c2ncccc2N(C)C1C. The van der Waals surface area contributed by atoms with E-state index in [0.29, 0.717) is 0 Å². The van der Waals surface area contributed by atoms with Crippen molar-refractivity contribution in [3.8, 4) is 0 Å². The van der Waals surface area contributed by atoms with E-state index >= 15 is 0 Å². The number of fused-ring (bicyclic) bond motifs is 1. The zero-order valence-corrected chi connectivity index (χ0v) is 10.7. The minimum absolute atomic E-state index is 0.198. The fourth-order valence-corrected chi connectivity index (χ4v) is 2.32. The Morgan fingerprint density at radius 2 is 2.06 bits per heavy atom. The maximum Gasteiger partial charge on any atom is 0.159 e. The van der Waals surface area contributed by atoms with Crippen molar-refractivity contribution in [3.05, 3.63) is 36.4 Å². The summed E-state index contributed by atoms with van der Waals surface area (Å²) >= 11 is 0. The number of hydrogen-bond donors (Lipinski definition) is 0. The van der Waals surface area contributed by atoms with Crippen LogP contribution in [0.1, 0.15) is 12.5 Å². The van der Waals surface area contributed by atoms with Crippen LogP contribution in [0.3, 0.4) is 0 Å². The Morgan fingerprint density at radius 3 is 2.83 bits per heavy atom. The second-order valence-electron chi connectivity index (χ2n) is 4.49. The van der Waals surface area contributed by atoms with Crippen LogP contribution in [0, 0.1) is 6.92 Å². The van der Waals surface area contributed by atoms with Crippen LogP contribution in [0.5, 0.6) is 0 Å². The first-order chi connectivity index (χ1) is 8.70. The molecule has 0 spiro atoms. The molecule has 0 amide bonds. The molecule has 0 aromatic carbocycles. The molecule has 1 aliphatic rings. The molecule has 0 fully saturated rings. The van der Waals surface area contributed by atoms with Gasteiger partial charge in [0.25, 0.3) is 0 Å². The van der Waals surface area contributed by atoms with Crippen molar-refractivity contribution in [1.82, 2.24) is 15.0 Å². The number of hydrogen-bond acceptors (Lipinski definition) is 5. The van der Waals surface area contributed by atoms with Gasteiger partial charge in [0, 0.05) is 25.0 Å². The summed E-state index contributed by atoms with van der Waals surface area (Å²) in [4.78, 5) is 17.3. The molecule has 0 saturated carbocycles. The third-order valence-corrected chi connectivity index (χ3v) is 3.40. The van der Waals surface area contributed by atoms with Gasteiger partial charge in [0.1, 0.15) is 18.3 Å². The summed E-state index contributed by atoms with van der Waals surface area (Å²) in [5, 5.41) is 0. The van der Waals surface area contributed by atoms with Crippen LogP contribution in [-0.4, -0.2) is 28.2 Å². The van der Waals surface area contributed by atoms with Crippen molar-refractivity contribution in [1.29, 1.82) is 0 Å². The summed E-state index contributed by atoms with van der Waals surface area (Å²) in [5.41, 5.74) is 2.18. The first-order valence-corrected chi connectivity index (χ1v) is 5.94. The molecule has 1 aliphatic heterocycles. The number of pyridine rings is 1. The average Bonchev–Trinajstić information content (AvgIpc) is 2.64. The zero-order chi connectivity index (χ0) is 12.7. The van der Waals surface area contributed by atoms with Gasteiger partial charge in [0.2, 0.25) is 0 Å². The second-order valence-corrected chi connectivity index (χ2v) is 4.49. The van der Waals surface area contributed by atoms with Gasteiger partial charge in [-0.2, -0.15) is 0 Å². The maximum atomic E-state index is 4.48. The van der Waals surface area contributed by atoms with Crippen molar-refractivity contribution in [2.24, 2.45) is 0 Å². The number of nitrogens with zero attached hydrogens (tertiary/aromatic N) is 5. The van der Waals surface area contributed by atoms with Crippen LogP contribution in [0.2, 0.25) is 0 Å². The van der Waals surface area contributed by atoms with E-state index < -0.39 is 0 Å². The highest BCUT2D eigenvalue weighted by molar-refractivity contribution is 5.79. The first-order valence-electron chi connectivity index (χ1n) is 5.94. The van der Waals surface area contributed by atoms with Gasteiger partial charge in [0.05, 0.1) is 5.69 Å².